The lowest BCUT2D eigenvalue weighted by atomic mass is 10.1. The zero-order chi connectivity index (χ0) is 22.6. The van der Waals surface area contributed by atoms with Crippen molar-refractivity contribution in [3.8, 4) is 22.8 Å². The Labute approximate surface area is 178 Å². The van der Waals surface area contributed by atoms with Gasteiger partial charge in [0.15, 0.2) is 0 Å². The second kappa shape index (κ2) is 8.96. The number of alkyl halides is 3. The van der Waals surface area contributed by atoms with Crippen LogP contribution in [0.2, 0.25) is 5.02 Å². The molecule has 0 aliphatic heterocycles. The first kappa shape index (κ1) is 22.0. The summed E-state index contributed by atoms with van der Waals surface area (Å²) in [5.41, 5.74) is 0.831. The third-order valence-corrected chi connectivity index (χ3v) is 4.02. The highest BCUT2D eigenvalue weighted by atomic mass is 35.5. The third-order valence-electron chi connectivity index (χ3n) is 3.70. The monoisotopic (exact) mass is 454 g/mol. The van der Waals surface area contributed by atoms with E-state index in [1.807, 2.05) is 0 Å². The average Bonchev–Trinajstić information content (AvgIpc) is 2.67. The molecule has 0 spiro atoms. The molecule has 0 fully saturated rings. The highest BCUT2D eigenvalue weighted by molar-refractivity contribution is 6.33. The van der Waals surface area contributed by atoms with Crippen LogP contribution in [0, 0.1) is 0 Å². The number of nitrogens with zero attached hydrogens (tertiary/aromatic N) is 2. The van der Waals surface area contributed by atoms with Gasteiger partial charge in [-0.25, -0.2) is 4.98 Å². The van der Waals surface area contributed by atoms with E-state index in [9.17, 15) is 23.1 Å². The van der Waals surface area contributed by atoms with Gasteiger partial charge in [-0.3, -0.25) is 4.79 Å². The minimum absolute atomic E-state index is 0.0516. The number of phenolic OH excluding ortho intramolecular Hbond substituents is 1. The number of anilines is 3. The molecule has 31 heavy (non-hydrogen) atoms. The summed E-state index contributed by atoms with van der Waals surface area (Å²) >= 11 is 6.08. The lowest BCUT2D eigenvalue weighted by molar-refractivity contribution is -0.274. The first-order chi connectivity index (χ1) is 14.6. The summed E-state index contributed by atoms with van der Waals surface area (Å²) in [6.45, 7) is -0.486. The lowest BCUT2D eigenvalue weighted by Crippen LogP contribution is -2.17. The fourth-order valence-corrected chi connectivity index (χ4v) is 2.71. The minimum atomic E-state index is -4.86. The van der Waals surface area contributed by atoms with E-state index in [1.165, 1.54) is 36.4 Å². The van der Waals surface area contributed by atoms with Crippen LogP contribution >= 0.6 is 11.6 Å². The molecule has 0 amide bonds. The molecular weight excluding hydrogens is 441 g/mol. The van der Waals surface area contributed by atoms with E-state index in [-0.39, 0.29) is 33.8 Å². The molecule has 0 radical (unpaired) electrons. The van der Waals surface area contributed by atoms with Crippen molar-refractivity contribution in [1.29, 1.82) is 0 Å². The molecule has 0 atom stereocenters. The van der Waals surface area contributed by atoms with Crippen LogP contribution in [0.4, 0.5) is 30.6 Å². The van der Waals surface area contributed by atoms with Gasteiger partial charge in [0.2, 0.25) is 5.95 Å². The maximum Gasteiger partial charge on any atom is 0.573 e. The topological polar surface area (TPSA) is 117 Å². The fourth-order valence-electron chi connectivity index (χ4n) is 2.49. The van der Waals surface area contributed by atoms with Gasteiger partial charge in [-0.2, -0.15) is 4.98 Å². The predicted molar refractivity (Wildman–Crippen MR) is 107 cm³/mol. The van der Waals surface area contributed by atoms with Crippen molar-refractivity contribution in [2.24, 2.45) is 0 Å². The second-order valence-electron chi connectivity index (χ2n) is 6.07. The number of carboxylic acids is 1. The van der Waals surface area contributed by atoms with Crippen LogP contribution < -0.4 is 15.4 Å². The maximum atomic E-state index is 12.5. The van der Waals surface area contributed by atoms with E-state index in [0.29, 0.717) is 5.69 Å². The van der Waals surface area contributed by atoms with Crippen LogP contribution in [-0.2, 0) is 4.79 Å². The standard InChI is InChI=1S/C19H14ClF3N4O4/c20-13-7-11(28)4-5-14(13)25-16-8-15(26-18(27-16)24-9-17(29)30)10-2-1-3-12(6-10)31-19(21,22)23/h1-8,28H,9H2,(H,29,30)(H2,24,25,26,27). The van der Waals surface area contributed by atoms with Gasteiger partial charge < -0.3 is 25.6 Å². The SMILES string of the molecule is O=C(O)CNc1nc(Nc2ccc(O)cc2Cl)cc(-c2cccc(OC(F)(F)F)c2)n1. The zero-order valence-electron chi connectivity index (χ0n) is 15.4. The number of hydrogen-bond donors (Lipinski definition) is 4. The summed E-state index contributed by atoms with van der Waals surface area (Å²) in [5.74, 6) is -1.57. The Kier molecular flexibility index (Phi) is 6.35. The van der Waals surface area contributed by atoms with Crippen molar-refractivity contribution >= 4 is 35.0 Å². The molecule has 0 aliphatic carbocycles. The maximum absolute atomic E-state index is 12.5. The van der Waals surface area contributed by atoms with Crippen LogP contribution in [0.1, 0.15) is 0 Å². The van der Waals surface area contributed by atoms with Crippen molar-refractivity contribution in [2.75, 3.05) is 17.2 Å². The fraction of sp³-hybridized carbons (Fsp3) is 0.105. The van der Waals surface area contributed by atoms with Gasteiger partial charge in [-0.15, -0.1) is 13.2 Å². The van der Waals surface area contributed by atoms with Crippen LogP contribution in [0.5, 0.6) is 11.5 Å². The summed E-state index contributed by atoms with van der Waals surface area (Å²) < 4.78 is 41.5. The molecule has 3 aromatic rings. The van der Waals surface area contributed by atoms with Gasteiger partial charge in [0.1, 0.15) is 23.9 Å². The Morgan fingerprint density at radius 1 is 1.13 bits per heavy atom. The number of ether oxygens (including phenoxy) is 1. The number of carboxylic acid groups (broad SMARTS) is 1. The van der Waals surface area contributed by atoms with Crippen molar-refractivity contribution in [2.45, 2.75) is 6.36 Å². The number of phenols is 1. The predicted octanol–water partition coefficient (Wildman–Crippen LogP) is 4.64. The molecule has 3 rings (SSSR count). The summed E-state index contributed by atoms with van der Waals surface area (Å²) in [6.07, 6.45) is -4.86. The number of halogens is 4. The molecule has 0 aliphatic rings. The van der Waals surface area contributed by atoms with Crippen molar-refractivity contribution in [3.63, 3.8) is 0 Å². The molecule has 0 saturated heterocycles. The van der Waals surface area contributed by atoms with Crippen molar-refractivity contribution in [1.82, 2.24) is 9.97 Å². The Morgan fingerprint density at radius 2 is 1.90 bits per heavy atom. The summed E-state index contributed by atoms with van der Waals surface area (Å²) in [5, 5.41) is 23.9. The lowest BCUT2D eigenvalue weighted by Gasteiger charge is -2.13. The number of hydrogen-bond acceptors (Lipinski definition) is 7. The van der Waals surface area contributed by atoms with Gasteiger partial charge in [-0.05, 0) is 24.3 Å². The molecule has 4 N–H and O–H groups in total. The zero-order valence-corrected chi connectivity index (χ0v) is 16.2. The summed E-state index contributed by atoms with van der Waals surface area (Å²) in [6, 6.07) is 10.7. The molecule has 0 saturated carbocycles. The van der Waals surface area contributed by atoms with Crippen LogP contribution in [0.3, 0.4) is 0 Å². The van der Waals surface area contributed by atoms with Crippen molar-refractivity contribution < 1.29 is 32.9 Å². The van der Waals surface area contributed by atoms with Gasteiger partial charge in [0.05, 0.1) is 16.4 Å². The molecule has 162 valence electrons. The second-order valence-corrected chi connectivity index (χ2v) is 6.48. The van der Waals surface area contributed by atoms with E-state index in [2.05, 4.69) is 25.3 Å². The Morgan fingerprint density at radius 3 is 2.58 bits per heavy atom. The molecule has 12 heteroatoms. The first-order valence-corrected chi connectivity index (χ1v) is 8.93. The molecular formula is C19H14ClF3N4O4. The smallest absolute Gasteiger partial charge is 0.508 e. The van der Waals surface area contributed by atoms with Gasteiger partial charge in [-0.1, -0.05) is 23.7 Å². The highest BCUT2D eigenvalue weighted by Gasteiger charge is 2.31. The number of aromatic nitrogens is 2. The normalized spacial score (nSPS) is 11.1. The molecule has 1 aromatic heterocycles. The number of carbonyl (C=O) groups is 1. The summed E-state index contributed by atoms with van der Waals surface area (Å²) in [4.78, 5) is 19.2. The van der Waals surface area contributed by atoms with E-state index in [0.717, 1.165) is 12.1 Å². The van der Waals surface area contributed by atoms with Crippen molar-refractivity contribution in [3.05, 3.63) is 53.6 Å². The number of benzene rings is 2. The van der Waals surface area contributed by atoms with Crippen LogP contribution in [-0.4, -0.2) is 39.1 Å². The Hall–Kier alpha value is -3.73. The van der Waals surface area contributed by atoms with Gasteiger partial charge in [0, 0.05) is 17.7 Å². The first-order valence-electron chi connectivity index (χ1n) is 8.55. The molecule has 2 aromatic carbocycles. The molecule has 8 nitrogen and oxygen atoms in total. The minimum Gasteiger partial charge on any atom is -0.508 e. The summed E-state index contributed by atoms with van der Waals surface area (Å²) in [7, 11) is 0. The molecule has 1 heterocycles. The number of aliphatic carboxylic acids is 1. The Bertz CT molecular complexity index is 1110. The Balaban J connectivity index is 1.99. The number of aromatic hydroxyl groups is 1. The van der Waals surface area contributed by atoms with Crippen LogP contribution in [0.15, 0.2) is 48.5 Å². The third kappa shape index (κ3) is 6.37. The molecule has 0 bridgehead atoms. The van der Waals surface area contributed by atoms with E-state index < -0.39 is 24.6 Å². The largest absolute Gasteiger partial charge is 0.573 e. The highest BCUT2D eigenvalue weighted by Crippen LogP contribution is 2.31. The molecule has 0 unspecified atom stereocenters. The van der Waals surface area contributed by atoms with E-state index in [4.69, 9.17) is 16.7 Å². The number of rotatable bonds is 7. The number of nitrogens with one attached hydrogen (secondary N) is 2. The van der Waals surface area contributed by atoms with Crippen LogP contribution in [0.25, 0.3) is 11.3 Å². The quantitative estimate of drug-likeness (QED) is 0.381. The van der Waals surface area contributed by atoms with E-state index in [1.54, 1.807) is 0 Å². The van der Waals surface area contributed by atoms with Gasteiger partial charge >= 0.3 is 12.3 Å². The van der Waals surface area contributed by atoms with Gasteiger partial charge in [0.25, 0.3) is 0 Å². The average molecular weight is 455 g/mol. The van der Waals surface area contributed by atoms with E-state index >= 15 is 0 Å².